The Hall–Kier alpha value is -0.830. The molecule has 14 heavy (non-hydrogen) atoms. The highest BCUT2D eigenvalue weighted by molar-refractivity contribution is 5.21. The van der Waals surface area contributed by atoms with Crippen LogP contribution in [-0.2, 0) is 12.0 Å². The summed E-state index contributed by atoms with van der Waals surface area (Å²) in [6.45, 7) is 3.82. The Kier molecular flexibility index (Phi) is 2.59. The summed E-state index contributed by atoms with van der Waals surface area (Å²) in [5.74, 6) is 0. The molecule has 0 spiro atoms. The Morgan fingerprint density at radius 1 is 1.50 bits per heavy atom. The van der Waals surface area contributed by atoms with Crippen molar-refractivity contribution in [1.29, 1.82) is 0 Å². The van der Waals surface area contributed by atoms with Crippen molar-refractivity contribution in [2.45, 2.75) is 44.6 Å². The van der Waals surface area contributed by atoms with Crippen LogP contribution in [0.5, 0.6) is 0 Å². The van der Waals surface area contributed by atoms with Gasteiger partial charge in [-0.1, -0.05) is 12.8 Å². The summed E-state index contributed by atoms with van der Waals surface area (Å²) >= 11 is 0. The lowest BCUT2D eigenvalue weighted by Gasteiger charge is -2.25. The average Bonchev–Trinajstić information content (AvgIpc) is 2.87. The Balaban J connectivity index is 2.26. The number of hydrogen-bond acceptors (Lipinski definition) is 2. The summed E-state index contributed by atoms with van der Waals surface area (Å²) in [7, 11) is 0. The fourth-order valence-corrected chi connectivity index (χ4v) is 2.47. The first kappa shape index (κ1) is 9.71. The van der Waals surface area contributed by atoms with Gasteiger partial charge in [-0.2, -0.15) is 5.10 Å². The lowest BCUT2D eigenvalue weighted by atomic mass is 9.81. The molecule has 1 aromatic rings. The van der Waals surface area contributed by atoms with Crippen LogP contribution in [0.1, 0.15) is 38.2 Å². The fraction of sp³-hybridized carbons (Fsp3) is 0.727. The molecule has 1 aliphatic carbocycles. The van der Waals surface area contributed by atoms with Gasteiger partial charge in [-0.25, -0.2) is 0 Å². The minimum Gasteiger partial charge on any atom is -0.330 e. The van der Waals surface area contributed by atoms with Gasteiger partial charge in [-0.3, -0.25) is 4.68 Å². The molecule has 3 nitrogen and oxygen atoms in total. The van der Waals surface area contributed by atoms with Crippen molar-refractivity contribution < 1.29 is 0 Å². The molecular weight excluding hydrogens is 174 g/mol. The van der Waals surface area contributed by atoms with E-state index in [1.807, 2.05) is 10.9 Å². The highest BCUT2D eigenvalue weighted by atomic mass is 15.3. The molecule has 1 saturated carbocycles. The van der Waals surface area contributed by atoms with Crippen LogP contribution in [0.3, 0.4) is 0 Å². The van der Waals surface area contributed by atoms with Crippen LogP contribution in [0.2, 0.25) is 0 Å². The topological polar surface area (TPSA) is 43.8 Å². The summed E-state index contributed by atoms with van der Waals surface area (Å²) in [5.41, 5.74) is 7.50. The van der Waals surface area contributed by atoms with Gasteiger partial charge in [0.15, 0.2) is 0 Å². The Labute approximate surface area is 85.3 Å². The van der Waals surface area contributed by atoms with Gasteiger partial charge < -0.3 is 5.73 Å². The van der Waals surface area contributed by atoms with Crippen LogP contribution >= 0.6 is 0 Å². The first-order valence-electron chi connectivity index (χ1n) is 5.54. The van der Waals surface area contributed by atoms with Gasteiger partial charge in [0.05, 0.1) is 6.20 Å². The van der Waals surface area contributed by atoms with Crippen LogP contribution in [0.15, 0.2) is 12.4 Å². The molecule has 0 amide bonds. The highest BCUT2D eigenvalue weighted by Crippen LogP contribution is 2.39. The maximum Gasteiger partial charge on any atom is 0.0527 e. The van der Waals surface area contributed by atoms with E-state index in [4.69, 9.17) is 5.73 Å². The molecule has 0 radical (unpaired) electrons. The van der Waals surface area contributed by atoms with E-state index in [1.54, 1.807) is 0 Å². The molecule has 1 heterocycles. The van der Waals surface area contributed by atoms with Crippen LogP contribution in [-0.4, -0.2) is 16.3 Å². The molecule has 1 fully saturated rings. The highest BCUT2D eigenvalue weighted by Gasteiger charge is 2.35. The molecule has 0 bridgehead atoms. The second-order valence-electron chi connectivity index (χ2n) is 4.28. The maximum absolute atomic E-state index is 5.91. The van der Waals surface area contributed by atoms with Gasteiger partial charge >= 0.3 is 0 Å². The summed E-state index contributed by atoms with van der Waals surface area (Å²) in [6, 6.07) is 0. The fourth-order valence-electron chi connectivity index (χ4n) is 2.47. The number of hydrogen-bond donors (Lipinski definition) is 1. The largest absolute Gasteiger partial charge is 0.330 e. The molecular formula is C11H19N3. The molecule has 1 aliphatic rings. The third-order valence-electron chi connectivity index (χ3n) is 3.52. The lowest BCUT2D eigenvalue weighted by molar-refractivity contribution is 0.452. The Morgan fingerprint density at radius 3 is 2.71 bits per heavy atom. The van der Waals surface area contributed by atoms with Crippen LogP contribution in [0, 0.1) is 0 Å². The molecule has 0 unspecified atom stereocenters. The molecule has 0 aliphatic heterocycles. The molecule has 2 rings (SSSR count). The van der Waals surface area contributed by atoms with E-state index >= 15 is 0 Å². The minimum atomic E-state index is 0.243. The Morgan fingerprint density at radius 2 is 2.21 bits per heavy atom. The number of aromatic nitrogens is 2. The average molecular weight is 193 g/mol. The first-order valence-corrected chi connectivity index (χ1v) is 5.54. The normalized spacial score (nSPS) is 20.1. The van der Waals surface area contributed by atoms with Crippen molar-refractivity contribution in [2.24, 2.45) is 5.73 Å². The summed E-state index contributed by atoms with van der Waals surface area (Å²) in [6.07, 6.45) is 9.26. The van der Waals surface area contributed by atoms with Crippen molar-refractivity contribution in [1.82, 2.24) is 9.78 Å². The van der Waals surface area contributed by atoms with Crippen LogP contribution in [0.25, 0.3) is 0 Å². The third kappa shape index (κ3) is 1.46. The molecule has 78 valence electrons. The molecule has 0 atom stereocenters. The van der Waals surface area contributed by atoms with E-state index in [2.05, 4.69) is 18.2 Å². The number of nitrogens with two attached hydrogens (primary N) is 1. The van der Waals surface area contributed by atoms with Crippen LogP contribution in [0.4, 0.5) is 0 Å². The monoisotopic (exact) mass is 193 g/mol. The van der Waals surface area contributed by atoms with Crippen LogP contribution < -0.4 is 5.73 Å². The second-order valence-corrected chi connectivity index (χ2v) is 4.28. The minimum absolute atomic E-state index is 0.243. The van der Waals surface area contributed by atoms with E-state index in [9.17, 15) is 0 Å². The van der Waals surface area contributed by atoms with Crippen molar-refractivity contribution in [3.8, 4) is 0 Å². The first-order chi connectivity index (χ1) is 6.80. The third-order valence-corrected chi connectivity index (χ3v) is 3.52. The van der Waals surface area contributed by atoms with E-state index in [-0.39, 0.29) is 5.41 Å². The van der Waals surface area contributed by atoms with Crippen molar-refractivity contribution >= 4 is 0 Å². The predicted molar refractivity (Wildman–Crippen MR) is 57.1 cm³/mol. The molecule has 3 heteroatoms. The maximum atomic E-state index is 5.91. The zero-order valence-corrected chi connectivity index (χ0v) is 8.87. The smallest absolute Gasteiger partial charge is 0.0527 e. The Bertz CT molecular complexity index is 297. The lowest BCUT2D eigenvalue weighted by Crippen LogP contribution is -2.31. The van der Waals surface area contributed by atoms with Gasteiger partial charge in [0.1, 0.15) is 0 Å². The number of nitrogens with zero attached hydrogens (tertiary/aromatic N) is 2. The SMILES string of the molecule is CCn1cc(C2(CN)CCCC2)cn1. The van der Waals surface area contributed by atoms with Crippen molar-refractivity contribution in [3.63, 3.8) is 0 Å². The van der Waals surface area contributed by atoms with Gasteiger partial charge in [0.2, 0.25) is 0 Å². The van der Waals surface area contributed by atoms with Crippen molar-refractivity contribution in [2.75, 3.05) is 6.54 Å². The molecule has 2 N–H and O–H groups in total. The zero-order valence-electron chi connectivity index (χ0n) is 8.87. The summed E-state index contributed by atoms with van der Waals surface area (Å²) < 4.78 is 1.99. The standard InChI is InChI=1S/C11H19N3/c1-2-14-8-10(7-13-14)11(9-12)5-3-4-6-11/h7-8H,2-6,9,12H2,1H3. The predicted octanol–water partition coefficient (Wildman–Crippen LogP) is 1.67. The van der Waals surface area contributed by atoms with Gasteiger partial charge in [0, 0.05) is 24.7 Å². The molecule has 1 aromatic heterocycles. The van der Waals surface area contributed by atoms with Gasteiger partial charge in [-0.15, -0.1) is 0 Å². The molecule has 0 aromatic carbocycles. The summed E-state index contributed by atoms with van der Waals surface area (Å²) in [4.78, 5) is 0. The summed E-state index contributed by atoms with van der Waals surface area (Å²) in [5, 5.41) is 4.33. The number of rotatable bonds is 3. The number of aryl methyl sites for hydroxylation is 1. The zero-order chi connectivity index (χ0) is 10.0. The van der Waals surface area contributed by atoms with E-state index in [0.717, 1.165) is 13.1 Å². The van der Waals surface area contributed by atoms with Gasteiger partial charge in [-0.05, 0) is 25.3 Å². The van der Waals surface area contributed by atoms with E-state index < -0.39 is 0 Å². The van der Waals surface area contributed by atoms with E-state index in [0.29, 0.717) is 0 Å². The second kappa shape index (κ2) is 3.73. The van der Waals surface area contributed by atoms with Crippen molar-refractivity contribution in [3.05, 3.63) is 18.0 Å². The molecule has 0 saturated heterocycles. The van der Waals surface area contributed by atoms with Gasteiger partial charge in [0.25, 0.3) is 0 Å². The van der Waals surface area contributed by atoms with E-state index in [1.165, 1.54) is 31.2 Å². The quantitative estimate of drug-likeness (QED) is 0.793.